The third-order valence-electron chi connectivity index (χ3n) is 3.10. The fourth-order valence-corrected chi connectivity index (χ4v) is 3.77. The number of hydrogen-bond acceptors (Lipinski definition) is 4. The van der Waals surface area contributed by atoms with Crippen molar-refractivity contribution in [3.63, 3.8) is 0 Å². The number of anilines is 1. The van der Waals surface area contributed by atoms with Crippen molar-refractivity contribution in [3.05, 3.63) is 30.3 Å². The normalized spacial score (nSPS) is 11.5. The highest BCUT2D eigenvalue weighted by atomic mass is 35.5. The van der Waals surface area contributed by atoms with E-state index >= 15 is 0 Å². The zero-order valence-corrected chi connectivity index (χ0v) is 15.2. The highest BCUT2D eigenvalue weighted by Gasteiger charge is 2.28. The molecule has 2 aromatic rings. The lowest BCUT2D eigenvalue weighted by molar-refractivity contribution is -0.122. The Balaban J connectivity index is 2.35. The molecule has 3 nitrogen and oxygen atoms in total. The molecule has 22 heavy (non-hydrogen) atoms. The number of nitrogens with one attached hydrogen (secondary N) is 1. The molecule has 0 aliphatic carbocycles. The smallest absolute Gasteiger partial charge is 0.231 e. The molecule has 0 aliphatic rings. The molecule has 6 heteroatoms. The first-order chi connectivity index (χ1) is 10.5. The van der Waals surface area contributed by atoms with Gasteiger partial charge in [0.1, 0.15) is 10.7 Å². The van der Waals surface area contributed by atoms with E-state index in [4.69, 9.17) is 11.6 Å². The van der Waals surface area contributed by atoms with Gasteiger partial charge >= 0.3 is 0 Å². The summed E-state index contributed by atoms with van der Waals surface area (Å²) >= 11 is 9.07. The van der Waals surface area contributed by atoms with Gasteiger partial charge in [-0.3, -0.25) is 4.79 Å². The third kappa shape index (κ3) is 4.03. The Bertz CT molecular complexity index is 641. The molecule has 2 rings (SSSR count). The van der Waals surface area contributed by atoms with Crippen LogP contribution in [-0.2, 0) is 4.79 Å². The molecule has 0 spiro atoms. The van der Waals surface area contributed by atoms with Crippen LogP contribution in [0.4, 0.5) is 5.00 Å². The lowest BCUT2D eigenvalue weighted by atomic mass is 9.95. The number of thiazole rings is 1. The summed E-state index contributed by atoms with van der Waals surface area (Å²) in [6.07, 6.45) is 0. The Hall–Kier alpha value is -1.04. The van der Waals surface area contributed by atoms with E-state index in [-0.39, 0.29) is 11.8 Å². The lowest BCUT2D eigenvalue weighted by Crippen LogP contribution is -2.32. The summed E-state index contributed by atoms with van der Waals surface area (Å²) in [4.78, 5) is 17.1. The quantitative estimate of drug-likeness (QED) is 0.577. The van der Waals surface area contributed by atoms with Gasteiger partial charge in [-0.05, 0) is 19.6 Å². The summed E-state index contributed by atoms with van der Waals surface area (Å²) in [7, 11) is 0. The Morgan fingerprint density at radius 2 is 2.05 bits per heavy atom. The number of carbonyl (C=O) groups is 1. The van der Waals surface area contributed by atoms with Crippen LogP contribution in [-0.4, -0.2) is 22.5 Å². The molecular formula is C16H19ClN2OS2. The number of thioether (sulfide) groups is 1. The Morgan fingerprint density at radius 3 is 2.64 bits per heavy atom. The van der Waals surface area contributed by atoms with Crippen LogP contribution < -0.4 is 5.32 Å². The molecule has 0 saturated heterocycles. The van der Waals surface area contributed by atoms with Gasteiger partial charge in [0.05, 0.1) is 5.41 Å². The van der Waals surface area contributed by atoms with Crippen molar-refractivity contribution in [1.29, 1.82) is 0 Å². The van der Waals surface area contributed by atoms with Crippen molar-refractivity contribution >= 4 is 45.6 Å². The van der Waals surface area contributed by atoms with Crippen LogP contribution in [0, 0.1) is 5.41 Å². The molecule has 1 heterocycles. The molecule has 0 saturated carbocycles. The standard InChI is InChI=1S/C16H19ClN2OS2/c1-4-21-15-18-12(11-8-6-5-7-9-11)13(22-15)19-14(20)16(2,3)10-17/h5-9H,4,10H2,1-3H3,(H,19,20). The molecule has 0 fully saturated rings. The minimum absolute atomic E-state index is 0.0867. The fraction of sp³-hybridized carbons (Fsp3) is 0.375. The van der Waals surface area contributed by atoms with Gasteiger partial charge in [0.25, 0.3) is 0 Å². The SMILES string of the molecule is CCSc1nc(-c2ccccc2)c(NC(=O)C(C)(C)CCl)s1. The Kier molecular flexibility index (Phi) is 5.89. The molecule has 1 amide bonds. The molecule has 0 unspecified atom stereocenters. The zero-order valence-electron chi connectivity index (χ0n) is 12.9. The van der Waals surface area contributed by atoms with Gasteiger partial charge in [-0.2, -0.15) is 0 Å². The predicted molar refractivity (Wildman–Crippen MR) is 97.1 cm³/mol. The summed E-state index contributed by atoms with van der Waals surface area (Å²) in [6, 6.07) is 9.90. The van der Waals surface area contributed by atoms with Crippen molar-refractivity contribution in [3.8, 4) is 11.3 Å². The maximum absolute atomic E-state index is 12.4. The van der Waals surface area contributed by atoms with Crippen LogP contribution in [0.3, 0.4) is 0 Å². The van der Waals surface area contributed by atoms with Crippen molar-refractivity contribution in [2.24, 2.45) is 5.41 Å². The van der Waals surface area contributed by atoms with Crippen molar-refractivity contribution in [1.82, 2.24) is 4.98 Å². The second-order valence-corrected chi connectivity index (χ2v) is 8.21. The number of alkyl halides is 1. The van der Waals surface area contributed by atoms with Gasteiger partial charge in [0.15, 0.2) is 4.34 Å². The summed E-state index contributed by atoms with van der Waals surface area (Å²) in [5, 5.41) is 3.78. The molecule has 0 bridgehead atoms. The highest BCUT2D eigenvalue weighted by Crippen LogP contribution is 2.38. The minimum atomic E-state index is -0.614. The molecule has 1 aromatic heterocycles. The van der Waals surface area contributed by atoms with E-state index < -0.39 is 5.41 Å². The van der Waals surface area contributed by atoms with E-state index in [0.29, 0.717) is 0 Å². The number of aromatic nitrogens is 1. The maximum Gasteiger partial charge on any atom is 0.231 e. The van der Waals surface area contributed by atoms with Crippen LogP contribution >= 0.6 is 34.7 Å². The number of nitrogens with zero attached hydrogens (tertiary/aromatic N) is 1. The van der Waals surface area contributed by atoms with Gasteiger partial charge in [0.2, 0.25) is 5.91 Å². The van der Waals surface area contributed by atoms with Gasteiger partial charge in [-0.15, -0.1) is 11.6 Å². The predicted octanol–water partition coefficient (Wildman–Crippen LogP) is 5.13. The first kappa shape index (κ1) is 17.3. The fourth-order valence-electron chi connectivity index (χ4n) is 1.70. The summed E-state index contributed by atoms with van der Waals surface area (Å²) in [5.41, 5.74) is 1.21. The molecule has 0 atom stereocenters. The number of amides is 1. The second kappa shape index (κ2) is 7.49. The van der Waals surface area contributed by atoms with Crippen LogP contribution in [0.1, 0.15) is 20.8 Å². The Labute approximate surface area is 144 Å². The monoisotopic (exact) mass is 354 g/mol. The number of hydrogen-bond donors (Lipinski definition) is 1. The van der Waals surface area contributed by atoms with Crippen LogP contribution in [0.15, 0.2) is 34.7 Å². The van der Waals surface area contributed by atoms with Crippen LogP contribution in [0.25, 0.3) is 11.3 Å². The maximum atomic E-state index is 12.4. The van der Waals surface area contributed by atoms with E-state index in [2.05, 4.69) is 17.2 Å². The average molecular weight is 355 g/mol. The molecular weight excluding hydrogens is 336 g/mol. The largest absolute Gasteiger partial charge is 0.315 e. The summed E-state index contributed by atoms with van der Waals surface area (Å²) < 4.78 is 0.959. The van der Waals surface area contributed by atoms with Crippen LogP contribution in [0.5, 0.6) is 0 Å². The Morgan fingerprint density at radius 1 is 1.36 bits per heavy atom. The molecule has 1 aromatic carbocycles. The molecule has 0 aliphatic heterocycles. The molecule has 0 radical (unpaired) electrons. The van der Waals surface area contributed by atoms with E-state index in [1.807, 2.05) is 44.2 Å². The van der Waals surface area contributed by atoms with E-state index in [9.17, 15) is 4.79 Å². The number of rotatable bonds is 6. The zero-order chi connectivity index (χ0) is 16.2. The highest BCUT2D eigenvalue weighted by molar-refractivity contribution is 8.01. The van der Waals surface area contributed by atoms with Crippen molar-refractivity contribution < 1.29 is 4.79 Å². The van der Waals surface area contributed by atoms with Gasteiger partial charge in [0, 0.05) is 11.4 Å². The summed E-state index contributed by atoms with van der Waals surface area (Å²) in [5.74, 6) is 1.13. The van der Waals surface area contributed by atoms with Crippen molar-refractivity contribution in [2.45, 2.75) is 25.1 Å². The number of carbonyl (C=O) groups excluding carboxylic acids is 1. The first-order valence-corrected chi connectivity index (χ1v) is 9.38. The van der Waals surface area contributed by atoms with Gasteiger partial charge in [-0.25, -0.2) is 4.98 Å². The molecule has 1 N–H and O–H groups in total. The second-order valence-electron chi connectivity index (χ2n) is 5.43. The molecule has 118 valence electrons. The lowest BCUT2D eigenvalue weighted by Gasteiger charge is -2.19. The third-order valence-corrected chi connectivity index (χ3v) is 5.76. The van der Waals surface area contributed by atoms with Gasteiger partial charge < -0.3 is 5.32 Å². The van der Waals surface area contributed by atoms with E-state index in [1.54, 1.807) is 11.8 Å². The van der Waals surface area contributed by atoms with Gasteiger partial charge in [-0.1, -0.05) is 60.4 Å². The number of halogens is 1. The van der Waals surface area contributed by atoms with E-state index in [1.165, 1.54) is 11.3 Å². The number of benzene rings is 1. The average Bonchev–Trinajstić information content (AvgIpc) is 2.91. The topological polar surface area (TPSA) is 42.0 Å². The van der Waals surface area contributed by atoms with E-state index in [0.717, 1.165) is 26.4 Å². The van der Waals surface area contributed by atoms with Crippen molar-refractivity contribution in [2.75, 3.05) is 16.9 Å². The summed E-state index contributed by atoms with van der Waals surface area (Å²) in [6.45, 7) is 5.75. The van der Waals surface area contributed by atoms with Crippen LogP contribution in [0.2, 0.25) is 0 Å². The first-order valence-electron chi connectivity index (χ1n) is 7.04. The minimum Gasteiger partial charge on any atom is -0.315 e.